The lowest BCUT2D eigenvalue weighted by molar-refractivity contribution is -0.116. The second-order valence-corrected chi connectivity index (χ2v) is 12.9. The van der Waals surface area contributed by atoms with E-state index in [9.17, 15) is 18.0 Å². The fraction of sp³-hybridized carbons (Fsp3) is 0.241. The summed E-state index contributed by atoms with van der Waals surface area (Å²) in [4.78, 5) is 28.0. The predicted octanol–water partition coefficient (Wildman–Crippen LogP) is 3.44. The molecule has 5 rings (SSSR count). The van der Waals surface area contributed by atoms with Gasteiger partial charge in [-0.2, -0.15) is 0 Å². The van der Waals surface area contributed by atoms with Crippen molar-refractivity contribution in [2.24, 2.45) is 0 Å². The SMILES string of the molecule is Cc1cccc(-n2c(CNC(=O)c3ccc(S(=O)(=O)N(C)C)cc3)nnc2SCC(=O)N2CCc3ccccc32)c1. The average Bonchev–Trinajstić information content (AvgIpc) is 3.59. The number of hydrogen-bond acceptors (Lipinski definition) is 7. The average molecular weight is 591 g/mol. The molecule has 2 amide bonds. The fourth-order valence-electron chi connectivity index (χ4n) is 4.59. The van der Waals surface area contributed by atoms with Gasteiger partial charge < -0.3 is 10.2 Å². The minimum Gasteiger partial charge on any atom is -0.345 e. The van der Waals surface area contributed by atoms with Crippen molar-refractivity contribution in [3.05, 3.63) is 95.3 Å². The number of carbonyl (C=O) groups is 2. The van der Waals surface area contributed by atoms with Crippen molar-refractivity contribution in [2.45, 2.75) is 29.9 Å². The highest BCUT2D eigenvalue weighted by Gasteiger charge is 2.25. The Labute approximate surface area is 243 Å². The topological polar surface area (TPSA) is 117 Å². The monoisotopic (exact) mass is 590 g/mol. The van der Waals surface area contributed by atoms with E-state index in [0.29, 0.717) is 23.1 Å². The molecular weight excluding hydrogens is 560 g/mol. The van der Waals surface area contributed by atoms with Crippen LogP contribution in [0.5, 0.6) is 0 Å². The van der Waals surface area contributed by atoms with E-state index in [2.05, 4.69) is 15.5 Å². The Balaban J connectivity index is 1.32. The Hall–Kier alpha value is -4.00. The molecule has 3 aromatic carbocycles. The van der Waals surface area contributed by atoms with Crippen LogP contribution >= 0.6 is 11.8 Å². The van der Waals surface area contributed by atoms with E-state index in [1.54, 1.807) is 0 Å². The molecule has 0 saturated carbocycles. The Morgan fingerprint density at radius 2 is 1.76 bits per heavy atom. The molecule has 2 heterocycles. The number of nitrogens with zero attached hydrogens (tertiary/aromatic N) is 5. The van der Waals surface area contributed by atoms with Gasteiger partial charge in [0.05, 0.1) is 17.2 Å². The summed E-state index contributed by atoms with van der Waals surface area (Å²) in [6.07, 6.45) is 0.837. The number of nitrogens with one attached hydrogen (secondary N) is 1. The molecule has 0 bridgehead atoms. The number of benzene rings is 3. The number of para-hydroxylation sites is 1. The zero-order chi connectivity index (χ0) is 29.1. The van der Waals surface area contributed by atoms with Crippen LogP contribution < -0.4 is 10.2 Å². The Morgan fingerprint density at radius 1 is 1.00 bits per heavy atom. The van der Waals surface area contributed by atoms with Crippen molar-refractivity contribution in [1.29, 1.82) is 0 Å². The highest BCUT2D eigenvalue weighted by molar-refractivity contribution is 7.99. The van der Waals surface area contributed by atoms with Crippen molar-refractivity contribution in [3.8, 4) is 5.69 Å². The minimum atomic E-state index is -3.59. The number of carbonyl (C=O) groups excluding carboxylic acids is 2. The lowest BCUT2D eigenvalue weighted by atomic mass is 10.2. The van der Waals surface area contributed by atoms with Gasteiger partial charge in [0, 0.05) is 37.6 Å². The maximum absolute atomic E-state index is 13.1. The molecule has 1 aliphatic heterocycles. The number of amides is 2. The molecule has 12 heteroatoms. The molecule has 1 N–H and O–H groups in total. The lowest BCUT2D eigenvalue weighted by Crippen LogP contribution is -2.30. The molecule has 4 aromatic rings. The first-order valence-corrected chi connectivity index (χ1v) is 15.4. The standard InChI is InChI=1S/C29H30N6O4S2/c1-20-7-6-9-23(17-20)35-26(18-30-28(37)22-11-13-24(14-12-22)41(38,39)33(2)3)31-32-29(35)40-19-27(36)34-16-15-21-8-4-5-10-25(21)34/h4-14,17H,15-16,18-19H2,1-3H3,(H,30,37). The highest BCUT2D eigenvalue weighted by Crippen LogP contribution is 2.29. The van der Waals surface area contributed by atoms with Crippen LogP contribution in [0.15, 0.2) is 82.8 Å². The van der Waals surface area contributed by atoms with Gasteiger partial charge in [0.25, 0.3) is 5.91 Å². The molecule has 41 heavy (non-hydrogen) atoms. The molecular formula is C29H30N6O4S2. The second-order valence-electron chi connectivity index (χ2n) is 9.78. The fourth-order valence-corrected chi connectivity index (χ4v) is 6.34. The maximum atomic E-state index is 13.1. The number of anilines is 1. The van der Waals surface area contributed by atoms with E-state index >= 15 is 0 Å². The third-order valence-corrected chi connectivity index (χ3v) is 9.52. The molecule has 0 spiro atoms. The van der Waals surface area contributed by atoms with Gasteiger partial charge in [-0.3, -0.25) is 14.2 Å². The van der Waals surface area contributed by atoms with E-state index in [1.807, 2.05) is 64.9 Å². The zero-order valence-corrected chi connectivity index (χ0v) is 24.6. The first kappa shape index (κ1) is 28.5. The summed E-state index contributed by atoms with van der Waals surface area (Å²) < 4.78 is 27.6. The summed E-state index contributed by atoms with van der Waals surface area (Å²) in [7, 11) is -0.688. The van der Waals surface area contributed by atoms with Gasteiger partial charge in [-0.25, -0.2) is 12.7 Å². The van der Waals surface area contributed by atoms with Gasteiger partial charge in [-0.15, -0.1) is 10.2 Å². The Morgan fingerprint density at radius 3 is 2.49 bits per heavy atom. The molecule has 0 atom stereocenters. The van der Waals surface area contributed by atoms with Crippen molar-refractivity contribution in [1.82, 2.24) is 24.4 Å². The van der Waals surface area contributed by atoms with E-state index in [0.717, 1.165) is 27.7 Å². The van der Waals surface area contributed by atoms with Gasteiger partial charge in [-0.05, 0) is 66.9 Å². The number of hydrogen-bond donors (Lipinski definition) is 1. The largest absolute Gasteiger partial charge is 0.345 e. The van der Waals surface area contributed by atoms with Crippen molar-refractivity contribution >= 4 is 39.3 Å². The Bertz CT molecular complexity index is 1700. The van der Waals surface area contributed by atoms with Crippen LogP contribution in [0.1, 0.15) is 27.3 Å². The van der Waals surface area contributed by atoms with E-state index in [4.69, 9.17) is 0 Å². The number of aryl methyl sites for hydroxylation is 1. The van der Waals surface area contributed by atoms with Crippen molar-refractivity contribution in [2.75, 3.05) is 31.3 Å². The molecule has 0 aliphatic carbocycles. The van der Waals surface area contributed by atoms with Gasteiger partial charge in [0.2, 0.25) is 15.9 Å². The van der Waals surface area contributed by atoms with Gasteiger partial charge >= 0.3 is 0 Å². The van der Waals surface area contributed by atoms with E-state index in [1.165, 1.54) is 55.7 Å². The summed E-state index contributed by atoms with van der Waals surface area (Å²) in [6.45, 7) is 2.71. The third-order valence-electron chi connectivity index (χ3n) is 6.78. The second kappa shape index (κ2) is 11.9. The van der Waals surface area contributed by atoms with Crippen LogP contribution in [0, 0.1) is 6.92 Å². The molecule has 1 aliphatic rings. The first-order chi connectivity index (χ1) is 19.6. The summed E-state index contributed by atoms with van der Waals surface area (Å²) in [5.74, 6) is 0.299. The Kier molecular flexibility index (Phi) is 8.25. The van der Waals surface area contributed by atoms with E-state index in [-0.39, 0.29) is 29.0 Å². The van der Waals surface area contributed by atoms with Gasteiger partial charge in [0.15, 0.2) is 11.0 Å². The van der Waals surface area contributed by atoms with E-state index < -0.39 is 10.0 Å². The van der Waals surface area contributed by atoms with Crippen LogP contribution in [0.4, 0.5) is 5.69 Å². The molecule has 0 fully saturated rings. The van der Waals surface area contributed by atoms with Crippen LogP contribution in [-0.4, -0.2) is 65.7 Å². The molecule has 10 nitrogen and oxygen atoms in total. The summed E-state index contributed by atoms with van der Waals surface area (Å²) in [6, 6.07) is 21.5. The van der Waals surface area contributed by atoms with Gasteiger partial charge in [0.1, 0.15) is 0 Å². The molecule has 0 radical (unpaired) electrons. The molecule has 1 aromatic heterocycles. The number of thioether (sulfide) groups is 1. The summed E-state index contributed by atoms with van der Waals surface area (Å²) in [5, 5.41) is 12.1. The normalized spacial score (nSPS) is 12.9. The van der Waals surface area contributed by atoms with Crippen LogP contribution in [0.2, 0.25) is 0 Å². The quantitative estimate of drug-likeness (QED) is 0.297. The predicted molar refractivity (Wildman–Crippen MR) is 158 cm³/mol. The van der Waals surface area contributed by atoms with Crippen LogP contribution in [0.25, 0.3) is 5.69 Å². The number of aromatic nitrogens is 3. The molecule has 212 valence electrons. The first-order valence-electron chi connectivity index (χ1n) is 13.0. The minimum absolute atomic E-state index is 0.00618. The smallest absolute Gasteiger partial charge is 0.251 e. The lowest BCUT2D eigenvalue weighted by Gasteiger charge is -2.17. The van der Waals surface area contributed by atoms with Crippen molar-refractivity contribution < 1.29 is 18.0 Å². The number of sulfonamides is 1. The number of fused-ring (bicyclic) bond motifs is 1. The summed E-state index contributed by atoms with van der Waals surface area (Å²) >= 11 is 1.30. The van der Waals surface area contributed by atoms with Crippen LogP contribution in [0.3, 0.4) is 0 Å². The van der Waals surface area contributed by atoms with Gasteiger partial charge in [-0.1, -0.05) is 42.1 Å². The molecule has 0 unspecified atom stereocenters. The molecule has 0 saturated heterocycles. The van der Waals surface area contributed by atoms with Crippen molar-refractivity contribution in [3.63, 3.8) is 0 Å². The summed E-state index contributed by atoms with van der Waals surface area (Å²) in [5.41, 5.74) is 4.30. The third kappa shape index (κ3) is 6.04. The van der Waals surface area contributed by atoms with Crippen LogP contribution in [-0.2, 0) is 27.8 Å². The maximum Gasteiger partial charge on any atom is 0.251 e. The zero-order valence-electron chi connectivity index (χ0n) is 22.9. The number of rotatable bonds is 9. The highest BCUT2D eigenvalue weighted by atomic mass is 32.2.